The molecule has 5 fully saturated rings. The molecule has 0 aromatic heterocycles. The van der Waals surface area contributed by atoms with Gasteiger partial charge in [-0.25, -0.2) is 4.79 Å². The molecule has 0 aromatic carbocycles. The number of carbonyl (C=O) groups excluding carboxylic acids is 1. The third kappa shape index (κ3) is 0.880. The fourth-order valence-electron chi connectivity index (χ4n) is 5.53. The van der Waals surface area contributed by atoms with Crippen LogP contribution in [-0.2, 0) is 9.47 Å². The minimum absolute atomic E-state index is 0.0228. The molecular formula is C14H20O3. The molecule has 1 spiro atoms. The molecule has 4 saturated carbocycles. The first-order valence-corrected chi connectivity index (χ1v) is 6.78. The van der Waals surface area contributed by atoms with Crippen LogP contribution in [0, 0.1) is 22.7 Å². The molecule has 3 heteroatoms. The molecular weight excluding hydrogens is 216 g/mol. The zero-order valence-corrected chi connectivity index (χ0v) is 10.8. The van der Waals surface area contributed by atoms with Crippen LogP contribution >= 0.6 is 0 Å². The predicted octanol–water partition coefficient (Wildman–Crippen LogP) is 3.13. The third-order valence-electron chi connectivity index (χ3n) is 6.62. The Balaban J connectivity index is 1.92. The van der Waals surface area contributed by atoms with E-state index < -0.39 is 6.16 Å². The van der Waals surface area contributed by atoms with E-state index in [1.165, 1.54) is 19.3 Å². The molecule has 17 heavy (non-hydrogen) atoms. The molecule has 3 nitrogen and oxygen atoms in total. The van der Waals surface area contributed by atoms with Crippen LogP contribution in [0.25, 0.3) is 0 Å². The van der Waals surface area contributed by atoms with Crippen LogP contribution in [-0.4, -0.2) is 17.9 Å². The van der Waals surface area contributed by atoms with Crippen molar-refractivity contribution in [3.05, 3.63) is 0 Å². The van der Waals surface area contributed by atoms with Gasteiger partial charge < -0.3 is 9.47 Å². The van der Waals surface area contributed by atoms with Crippen LogP contribution in [0.2, 0.25) is 0 Å². The van der Waals surface area contributed by atoms with E-state index in [1.54, 1.807) is 0 Å². The molecule has 0 radical (unpaired) electrons. The molecule has 94 valence electrons. The summed E-state index contributed by atoms with van der Waals surface area (Å²) in [5.74, 6) is 1.27. The highest BCUT2D eigenvalue weighted by molar-refractivity contribution is 5.64. The molecule has 0 amide bonds. The lowest BCUT2D eigenvalue weighted by Crippen LogP contribution is -2.71. The van der Waals surface area contributed by atoms with Crippen LogP contribution in [0.3, 0.4) is 0 Å². The second-order valence-corrected chi connectivity index (χ2v) is 7.44. The predicted molar refractivity (Wildman–Crippen MR) is 61.4 cm³/mol. The quantitative estimate of drug-likeness (QED) is 0.606. The number of hydrogen-bond donors (Lipinski definition) is 0. The maximum Gasteiger partial charge on any atom is 0.509 e. The molecule has 5 atom stereocenters. The Morgan fingerprint density at radius 3 is 2.71 bits per heavy atom. The van der Waals surface area contributed by atoms with Crippen molar-refractivity contribution in [1.29, 1.82) is 0 Å². The third-order valence-corrected chi connectivity index (χ3v) is 6.62. The van der Waals surface area contributed by atoms with Crippen molar-refractivity contribution in [3.63, 3.8) is 0 Å². The van der Waals surface area contributed by atoms with Gasteiger partial charge >= 0.3 is 6.16 Å². The summed E-state index contributed by atoms with van der Waals surface area (Å²) in [6.45, 7) is 6.94. The summed E-state index contributed by atoms with van der Waals surface area (Å²) in [5.41, 5.74) is 0.0104. The SMILES string of the molecule is CC12CC3CC(C1)C1OC(=O)OC1(C3)C2(C)C. The Morgan fingerprint density at radius 1 is 1.18 bits per heavy atom. The normalized spacial score (nSPS) is 57.6. The standard InChI is InChI=1S/C14H20O3/c1-12(2)13(3)5-8-4-9(7-13)10-14(12,6-8)17-11(15)16-10/h8-10H,4-7H2,1-3H3. The van der Waals surface area contributed by atoms with Gasteiger partial charge in [0.1, 0.15) is 6.10 Å². The average molecular weight is 236 g/mol. The molecule has 4 bridgehead atoms. The first kappa shape index (κ1) is 10.2. The molecule has 1 aliphatic heterocycles. The van der Waals surface area contributed by atoms with Gasteiger partial charge in [0.15, 0.2) is 5.60 Å². The monoisotopic (exact) mass is 236 g/mol. The van der Waals surface area contributed by atoms with Gasteiger partial charge in [0, 0.05) is 11.3 Å². The van der Waals surface area contributed by atoms with Crippen LogP contribution in [0.15, 0.2) is 0 Å². The van der Waals surface area contributed by atoms with E-state index in [1.807, 2.05) is 0 Å². The number of carbonyl (C=O) groups is 1. The highest BCUT2D eigenvalue weighted by Crippen LogP contribution is 2.72. The molecule has 0 aromatic rings. The fourth-order valence-corrected chi connectivity index (χ4v) is 5.53. The molecule has 5 rings (SSSR count). The lowest BCUT2D eigenvalue weighted by Gasteiger charge is -2.68. The van der Waals surface area contributed by atoms with Crippen molar-refractivity contribution < 1.29 is 14.3 Å². The lowest BCUT2D eigenvalue weighted by molar-refractivity contribution is -0.258. The largest absolute Gasteiger partial charge is 0.509 e. The highest BCUT2D eigenvalue weighted by atomic mass is 16.8. The van der Waals surface area contributed by atoms with Gasteiger partial charge in [0.25, 0.3) is 0 Å². The van der Waals surface area contributed by atoms with Crippen molar-refractivity contribution in [2.75, 3.05) is 0 Å². The second-order valence-electron chi connectivity index (χ2n) is 7.44. The summed E-state index contributed by atoms with van der Waals surface area (Å²) in [7, 11) is 0. The second kappa shape index (κ2) is 2.50. The van der Waals surface area contributed by atoms with Crippen molar-refractivity contribution >= 4 is 6.16 Å². The van der Waals surface area contributed by atoms with Gasteiger partial charge in [0.2, 0.25) is 0 Å². The summed E-state index contributed by atoms with van der Waals surface area (Å²) in [6, 6.07) is 0. The van der Waals surface area contributed by atoms with Crippen LogP contribution < -0.4 is 0 Å². The Kier molecular flexibility index (Phi) is 1.50. The smallest absolute Gasteiger partial charge is 0.426 e. The Bertz CT molecular complexity index is 416. The summed E-state index contributed by atoms with van der Waals surface area (Å²) in [4.78, 5) is 11.6. The van der Waals surface area contributed by atoms with E-state index in [4.69, 9.17) is 9.47 Å². The summed E-state index contributed by atoms with van der Waals surface area (Å²) in [5, 5.41) is 0. The summed E-state index contributed by atoms with van der Waals surface area (Å²) in [6.07, 6.45) is 4.33. The van der Waals surface area contributed by atoms with Gasteiger partial charge in [-0.1, -0.05) is 20.8 Å². The van der Waals surface area contributed by atoms with E-state index in [0.29, 0.717) is 11.3 Å². The van der Waals surface area contributed by atoms with E-state index in [2.05, 4.69) is 20.8 Å². The van der Waals surface area contributed by atoms with Gasteiger partial charge in [-0.3, -0.25) is 0 Å². The molecule has 4 aliphatic carbocycles. The topological polar surface area (TPSA) is 35.5 Å². The number of ether oxygens (including phenoxy) is 2. The van der Waals surface area contributed by atoms with Crippen LogP contribution in [0.1, 0.15) is 46.5 Å². The Morgan fingerprint density at radius 2 is 1.94 bits per heavy atom. The molecule has 0 N–H and O–H groups in total. The average Bonchev–Trinajstić information content (AvgIpc) is 2.54. The highest BCUT2D eigenvalue weighted by Gasteiger charge is 2.76. The van der Waals surface area contributed by atoms with Gasteiger partial charge in [-0.2, -0.15) is 0 Å². The molecule has 1 heterocycles. The minimum Gasteiger partial charge on any atom is -0.426 e. The Hall–Kier alpha value is -0.730. The van der Waals surface area contributed by atoms with Crippen molar-refractivity contribution in [2.45, 2.75) is 58.2 Å². The van der Waals surface area contributed by atoms with Gasteiger partial charge in [-0.15, -0.1) is 0 Å². The van der Waals surface area contributed by atoms with E-state index >= 15 is 0 Å². The van der Waals surface area contributed by atoms with Gasteiger partial charge in [0.05, 0.1) is 0 Å². The minimum atomic E-state index is -0.431. The van der Waals surface area contributed by atoms with Crippen molar-refractivity contribution in [1.82, 2.24) is 0 Å². The number of hydrogen-bond acceptors (Lipinski definition) is 3. The molecule has 5 aliphatic rings. The lowest BCUT2D eigenvalue weighted by atomic mass is 9.37. The summed E-state index contributed by atoms with van der Waals surface area (Å²) < 4.78 is 11.3. The fraction of sp³-hybridized carbons (Fsp3) is 0.929. The Labute approximate surface area is 102 Å². The van der Waals surface area contributed by atoms with Gasteiger partial charge in [-0.05, 0) is 37.0 Å². The van der Waals surface area contributed by atoms with Crippen molar-refractivity contribution in [3.8, 4) is 0 Å². The van der Waals surface area contributed by atoms with Crippen LogP contribution in [0.4, 0.5) is 4.79 Å². The number of rotatable bonds is 0. The van der Waals surface area contributed by atoms with Crippen LogP contribution in [0.5, 0.6) is 0 Å². The molecule has 5 unspecified atom stereocenters. The van der Waals surface area contributed by atoms with E-state index in [9.17, 15) is 4.79 Å². The van der Waals surface area contributed by atoms with Crippen molar-refractivity contribution in [2.24, 2.45) is 22.7 Å². The van der Waals surface area contributed by atoms with E-state index in [0.717, 1.165) is 12.3 Å². The first-order chi connectivity index (χ1) is 7.88. The zero-order valence-electron chi connectivity index (χ0n) is 10.8. The zero-order chi connectivity index (χ0) is 12.1. The maximum absolute atomic E-state index is 11.6. The first-order valence-electron chi connectivity index (χ1n) is 6.78. The van der Waals surface area contributed by atoms with E-state index in [-0.39, 0.29) is 17.1 Å². The summed E-state index contributed by atoms with van der Waals surface area (Å²) >= 11 is 0. The maximum atomic E-state index is 11.6. The molecule has 1 saturated heterocycles.